The van der Waals surface area contributed by atoms with Gasteiger partial charge in [-0.2, -0.15) is 0 Å². The molecule has 0 spiro atoms. The van der Waals surface area contributed by atoms with Crippen molar-refractivity contribution in [1.82, 2.24) is 4.90 Å². The molecule has 0 aromatic rings. The highest BCUT2D eigenvalue weighted by molar-refractivity contribution is 5.00. The Bertz CT molecular complexity index is 167. The van der Waals surface area contributed by atoms with Gasteiger partial charge in [0.1, 0.15) is 0 Å². The van der Waals surface area contributed by atoms with E-state index in [0.29, 0.717) is 17.6 Å². The molecule has 2 aliphatic rings. The summed E-state index contributed by atoms with van der Waals surface area (Å²) in [7, 11) is 2.21. The molecule has 0 aromatic carbocycles. The molecule has 2 heterocycles. The molecule has 0 amide bonds. The predicted molar refractivity (Wildman–Crippen MR) is 44.6 cm³/mol. The molecule has 64 valence electrons. The molecule has 2 aliphatic heterocycles. The van der Waals surface area contributed by atoms with Crippen molar-refractivity contribution in [2.24, 2.45) is 5.41 Å². The van der Waals surface area contributed by atoms with E-state index >= 15 is 0 Å². The van der Waals surface area contributed by atoms with Crippen LogP contribution in [-0.4, -0.2) is 37.2 Å². The molecule has 0 unspecified atom stereocenters. The summed E-state index contributed by atoms with van der Waals surface area (Å²) in [5.74, 6) is 0. The zero-order chi connectivity index (χ0) is 8.06. The molecule has 11 heavy (non-hydrogen) atoms. The summed E-state index contributed by atoms with van der Waals surface area (Å²) in [5.41, 5.74) is 0.371. The maximum Gasteiger partial charge on any atom is 0.0748 e. The lowest BCUT2D eigenvalue weighted by Crippen LogP contribution is -2.39. The Morgan fingerprint density at radius 3 is 2.82 bits per heavy atom. The maximum absolute atomic E-state index is 5.72. The van der Waals surface area contributed by atoms with Crippen molar-refractivity contribution in [1.29, 1.82) is 0 Å². The molecule has 2 atom stereocenters. The van der Waals surface area contributed by atoms with Gasteiger partial charge in [0.05, 0.1) is 12.7 Å². The van der Waals surface area contributed by atoms with Gasteiger partial charge < -0.3 is 9.64 Å². The number of hydrogen-bond acceptors (Lipinski definition) is 2. The minimum Gasteiger partial charge on any atom is -0.376 e. The normalized spacial score (nSPS) is 42.8. The Balaban J connectivity index is 2.20. The monoisotopic (exact) mass is 155 g/mol. The number of ether oxygens (including phenoxy) is 1. The van der Waals surface area contributed by atoms with Crippen molar-refractivity contribution >= 4 is 0 Å². The van der Waals surface area contributed by atoms with Gasteiger partial charge in [-0.05, 0) is 13.5 Å². The summed E-state index contributed by atoms with van der Waals surface area (Å²) < 4.78 is 5.72. The summed E-state index contributed by atoms with van der Waals surface area (Å²) in [6.45, 7) is 6.75. The SMILES string of the molecule is CN1CC[C@H]2OCC(C)(C)[C@H]21. The molecule has 2 saturated heterocycles. The fourth-order valence-corrected chi connectivity index (χ4v) is 2.59. The zero-order valence-electron chi connectivity index (χ0n) is 7.63. The zero-order valence-corrected chi connectivity index (χ0v) is 7.63. The van der Waals surface area contributed by atoms with Gasteiger partial charge in [0.25, 0.3) is 0 Å². The lowest BCUT2D eigenvalue weighted by molar-refractivity contribution is 0.101. The average Bonchev–Trinajstić information content (AvgIpc) is 2.38. The molecule has 2 heteroatoms. The number of hydrogen-bond donors (Lipinski definition) is 0. The van der Waals surface area contributed by atoms with E-state index in [4.69, 9.17) is 4.74 Å². The van der Waals surface area contributed by atoms with Gasteiger partial charge in [-0.3, -0.25) is 0 Å². The van der Waals surface area contributed by atoms with Gasteiger partial charge in [0.15, 0.2) is 0 Å². The van der Waals surface area contributed by atoms with E-state index in [0.717, 1.165) is 6.61 Å². The molecular weight excluding hydrogens is 138 g/mol. The standard InChI is InChI=1S/C9H17NO/c1-9(2)6-11-7-4-5-10(3)8(7)9/h7-8H,4-6H2,1-3H3/t7-,8+/m1/s1. The molecule has 2 rings (SSSR count). The summed E-state index contributed by atoms with van der Waals surface area (Å²) in [6.07, 6.45) is 1.75. The van der Waals surface area contributed by atoms with Crippen molar-refractivity contribution < 1.29 is 4.74 Å². The fourth-order valence-electron chi connectivity index (χ4n) is 2.59. The van der Waals surface area contributed by atoms with E-state index in [1.807, 2.05) is 0 Å². The van der Waals surface area contributed by atoms with E-state index in [1.54, 1.807) is 0 Å². The smallest absolute Gasteiger partial charge is 0.0748 e. The topological polar surface area (TPSA) is 12.5 Å². The first kappa shape index (κ1) is 7.56. The summed E-state index contributed by atoms with van der Waals surface area (Å²) >= 11 is 0. The van der Waals surface area contributed by atoms with Crippen LogP contribution in [0.4, 0.5) is 0 Å². The predicted octanol–water partition coefficient (Wildman–Crippen LogP) is 1.12. The summed E-state index contributed by atoms with van der Waals surface area (Å²) in [6, 6.07) is 0.669. The number of likely N-dealkylation sites (N-methyl/N-ethyl adjacent to an activating group) is 1. The van der Waals surface area contributed by atoms with Crippen LogP contribution in [0.2, 0.25) is 0 Å². The second kappa shape index (κ2) is 2.20. The van der Waals surface area contributed by atoms with Crippen LogP contribution in [0.1, 0.15) is 20.3 Å². The quantitative estimate of drug-likeness (QED) is 0.519. The van der Waals surface area contributed by atoms with Gasteiger partial charge in [-0.15, -0.1) is 0 Å². The van der Waals surface area contributed by atoms with E-state index < -0.39 is 0 Å². The lowest BCUT2D eigenvalue weighted by Gasteiger charge is -2.29. The molecule has 0 saturated carbocycles. The molecule has 2 nitrogen and oxygen atoms in total. The van der Waals surface area contributed by atoms with Crippen molar-refractivity contribution in [2.75, 3.05) is 20.2 Å². The van der Waals surface area contributed by atoms with Gasteiger partial charge in [0, 0.05) is 18.0 Å². The third-order valence-corrected chi connectivity index (χ3v) is 3.06. The molecular formula is C9H17NO. The second-order valence-corrected chi connectivity index (χ2v) is 4.55. The van der Waals surface area contributed by atoms with Crippen LogP contribution in [-0.2, 0) is 4.74 Å². The van der Waals surface area contributed by atoms with Gasteiger partial charge in [-0.1, -0.05) is 13.8 Å². The minimum absolute atomic E-state index is 0.371. The van der Waals surface area contributed by atoms with Gasteiger partial charge >= 0.3 is 0 Å². The summed E-state index contributed by atoms with van der Waals surface area (Å²) in [5, 5.41) is 0. The highest BCUT2D eigenvalue weighted by Crippen LogP contribution is 2.40. The van der Waals surface area contributed by atoms with Crippen LogP contribution in [0.3, 0.4) is 0 Å². The molecule has 0 radical (unpaired) electrons. The first-order chi connectivity index (χ1) is 5.11. The van der Waals surface area contributed by atoms with E-state index in [1.165, 1.54) is 13.0 Å². The second-order valence-electron chi connectivity index (χ2n) is 4.55. The number of nitrogens with zero attached hydrogens (tertiary/aromatic N) is 1. The van der Waals surface area contributed by atoms with Crippen LogP contribution in [0.15, 0.2) is 0 Å². The molecule has 0 N–H and O–H groups in total. The van der Waals surface area contributed by atoms with E-state index in [9.17, 15) is 0 Å². The lowest BCUT2D eigenvalue weighted by atomic mass is 9.85. The molecule has 0 aromatic heterocycles. The van der Waals surface area contributed by atoms with E-state index in [2.05, 4.69) is 25.8 Å². The van der Waals surface area contributed by atoms with Gasteiger partial charge in [-0.25, -0.2) is 0 Å². The first-order valence-corrected chi connectivity index (χ1v) is 4.43. The molecule has 2 fully saturated rings. The maximum atomic E-state index is 5.72. The van der Waals surface area contributed by atoms with Gasteiger partial charge in [0.2, 0.25) is 0 Å². The third kappa shape index (κ3) is 1.00. The third-order valence-electron chi connectivity index (χ3n) is 3.06. The van der Waals surface area contributed by atoms with Crippen molar-refractivity contribution in [2.45, 2.75) is 32.4 Å². The number of rotatable bonds is 0. The molecule has 0 aliphatic carbocycles. The molecule has 0 bridgehead atoms. The fraction of sp³-hybridized carbons (Fsp3) is 1.00. The highest BCUT2D eigenvalue weighted by Gasteiger charge is 2.48. The first-order valence-electron chi connectivity index (χ1n) is 4.43. The Hall–Kier alpha value is -0.0800. The van der Waals surface area contributed by atoms with Crippen molar-refractivity contribution in [3.05, 3.63) is 0 Å². The van der Waals surface area contributed by atoms with Crippen LogP contribution in [0, 0.1) is 5.41 Å². The van der Waals surface area contributed by atoms with Crippen molar-refractivity contribution in [3.63, 3.8) is 0 Å². The van der Waals surface area contributed by atoms with E-state index in [-0.39, 0.29) is 0 Å². The Kier molecular flexibility index (Phi) is 1.52. The Labute approximate surface area is 68.5 Å². The Morgan fingerprint density at radius 2 is 2.18 bits per heavy atom. The largest absolute Gasteiger partial charge is 0.376 e. The van der Waals surface area contributed by atoms with Crippen molar-refractivity contribution in [3.8, 4) is 0 Å². The minimum atomic E-state index is 0.371. The Morgan fingerprint density at radius 1 is 1.45 bits per heavy atom. The van der Waals surface area contributed by atoms with Crippen LogP contribution in [0.5, 0.6) is 0 Å². The highest BCUT2D eigenvalue weighted by atomic mass is 16.5. The van der Waals surface area contributed by atoms with Crippen LogP contribution >= 0.6 is 0 Å². The van der Waals surface area contributed by atoms with Crippen LogP contribution in [0.25, 0.3) is 0 Å². The number of likely N-dealkylation sites (tertiary alicyclic amines) is 1. The summed E-state index contributed by atoms with van der Waals surface area (Å²) in [4.78, 5) is 2.44. The number of fused-ring (bicyclic) bond motifs is 1. The average molecular weight is 155 g/mol. The van der Waals surface area contributed by atoms with Crippen LogP contribution < -0.4 is 0 Å².